The van der Waals surface area contributed by atoms with Gasteiger partial charge in [-0.05, 0) is 24.1 Å². The van der Waals surface area contributed by atoms with E-state index in [4.69, 9.17) is 16.9 Å². The Balaban J connectivity index is 2.27. The molecule has 2 aromatic rings. The molecule has 6 nitrogen and oxygen atoms in total. The number of pyridine rings is 1. The average Bonchev–Trinajstić information content (AvgIpc) is 2.55. The smallest absolute Gasteiger partial charge is 0.289 e. The summed E-state index contributed by atoms with van der Waals surface area (Å²) in [5.74, 6) is 0.517. The zero-order valence-corrected chi connectivity index (χ0v) is 13.3. The second-order valence-electron chi connectivity index (χ2n) is 4.99. The van der Waals surface area contributed by atoms with Crippen LogP contribution in [0, 0.1) is 21.4 Å². The minimum atomic E-state index is -0.520. The SMILES string of the molecule is CCCN(Cc1ccc(C#N)cc1)c1ncc([N+](=O)[O-])cc1Cl. The number of nitro groups is 1. The number of benzene rings is 1. The predicted molar refractivity (Wildman–Crippen MR) is 88.4 cm³/mol. The first kappa shape index (κ1) is 16.7. The molecule has 0 fully saturated rings. The summed E-state index contributed by atoms with van der Waals surface area (Å²) in [5.41, 5.74) is 1.48. The van der Waals surface area contributed by atoms with E-state index in [0.717, 1.165) is 12.0 Å². The number of nitriles is 1. The van der Waals surface area contributed by atoms with Crippen molar-refractivity contribution in [1.29, 1.82) is 5.26 Å². The van der Waals surface area contributed by atoms with Crippen LogP contribution in [0.1, 0.15) is 24.5 Å². The number of anilines is 1. The predicted octanol–water partition coefficient (Wildman–Crippen LogP) is 3.93. The highest BCUT2D eigenvalue weighted by Crippen LogP contribution is 2.28. The maximum atomic E-state index is 10.8. The molecule has 1 aromatic carbocycles. The van der Waals surface area contributed by atoms with Gasteiger partial charge in [0.1, 0.15) is 12.0 Å². The fraction of sp³-hybridized carbons (Fsp3) is 0.250. The molecule has 7 heteroatoms. The van der Waals surface area contributed by atoms with Gasteiger partial charge in [0.2, 0.25) is 0 Å². The maximum absolute atomic E-state index is 10.8. The molecule has 0 spiro atoms. The number of nitrogens with zero attached hydrogens (tertiary/aromatic N) is 4. The zero-order chi connectivity index (χ0) is 16.8. The van der Waals surface area contributed by atoms with Crippen molar-refractivity contribution in [3.05, 3.63) is 62.8 Å². The third-order valence-electron chi connectivity index (χ3n) is 3.27. The van der Waals surface area contributed by atoms with E-state index in [1.165, 1.54) is 12.3 Å². The summed E-state index contributed by atoms with van der Waals surface area (Å²) in [7, 11) is 0. The minimum absolute atomic E-state index is 0.131. The summed E-state index contributed by atoms with van der Waals surface area (Å²) in [6.45, 7) is 3.31. The molecular weight excluding hydrogens is 316 g/mol. The van der Waals surface area contributed by atoms with Gasteiger partial charge in [0.15, 0.2) is 0 Å². The van der Waals surface area contributed by atoms with E-state index in [-0.39, 0.29) is 10.7 Å². The summed E-state index contributed by atoms with van der Waals surface area (Å²) in [5, 5.41) is 19.9. The third kappa shape index (κ3) is 4.18. The number of hydrogen-bond acceptors (Lipinski definition) is 5. The van der Waals surface area contributed by atoms with Crippen LogP contribution < -0.4 is 4.90 Å². The Kier molecular flexibility index (Phi) is 5.50. The second kappa shape index (κ2) is 7.56. The van der Waals surface area contributed by atoms with Crippen molar-refractivity contribution in [2.45, 2.75) is 19.9 Å². The van der Waals surface area contributed by atoms with Crippen molar-refractivity contribution in [3.63, 3.8) is 0 Å². The molecule has 0 aliphatic carbocycles. The quantitative estimate of drug-likeness (QED) is 0.592. The van der Waals surface area contributed by atoms with Crippen LogP contribution in [-0.2, 0) is 6.54 Å². The molecule has 0 N–H and O–H groups in total. The van der Waals surface area contributed by atoms with Gasteiger partial charge in [0.25, 0.3) is 5.69 Å². The molecule has 1 heterocycles. The van der Waals surface area contributed by atoms with Crippen molar-refractivity contribution in [3.8, 4) is 6.07 Å². The van der Waals surface area contributed by atoms with Crippen LogP contribution in [0.2, 0.25) is 5.02 Å². The lowest BCUT2D eigenvalue weighted by Crippen LogP contribution is -2.24. The van der Waals surface area contributed by atoms with Crippen molar-refractivity contribution in [2.24, 2.45) is 0 Å². The van der Waals surface area contributed by atoms with Gasteiger partial charge < -0.3 is 4.90 Å². The van der Waals surface area contributed by atoms with Crippen LogP contribution >= 0.6 is 11.6 Å². The van der Waals surface area contributed by atoms with Crippen LogP contribution in [0.3, 0.4) is 0 Å². The van der Waals surface area contributed by atoms with Crippen molar-refractivity contribution in [1.82, 2.24) is 4.98 Å². The normalized spacial score (nSPS) is 10.1. The van der Waals surface area contributed by atoms with Crippen LogP contribution in [0.25, 0.3) is 0 Å². The summed E-state index contributed by atoms with van der Waals surface area (Å²) < 4.78 is 0. The lowest BCUT2D eigenvalue weighted by Gasteiger charge is -2.24. The Morgan fingerprint density at radius 1 is 1.39 bits per heavy atom. The highest BCUT2D eigenvalue weighted by atomic mass is 35.5. The molecule has 23 heavy (non-hydrogen) atoms. The molecule has 0 aliphatic rings. The van der Waals surface area contributed by atoms with Gasteiger partial charge >= 0.3 is 0 Å². The Morgan fingerprint density at radius 2 is 2.09 bits per heavy atom. The van der Waals surface area contributed by atoms with Gasteiger partial charge in [-0.3, -0.25) is 10.1 Å². The van der Waals surface area contributed by atoms with Gasteiger partial charge in [-0.1, -0.05) is 30.7 Å². The first-order chi connectivity index (χ1) is 11.0. The molecule has 0 aliphatic heterocycles. The van der Waals surface area contributed by atoms with Crippen molar-refractivity contribution >= 4 is 23.1 Å². The standard InChI is InChI=1S/C16H15ClN4O2/c1-2-7-20(11-13-5-3-12(9-18)4-6-13)16-15(17)8-14(10-19-16)21(22)23/h3-6,8,10H,2,7,11H2,1H3. The molecule has 0 amide bonds. The van der Waals surface area contributed by atoms with E-state index in [2.05, 4.69) is 11.1 Å². The molecular formula is C16H15ClN4O2. The van der Waals surface area contributed by atoms with Gasteiger partial charge in [0, 0.05) is 19.2 Å². The monoisotopic (exact) mass is 330 g/mol. The molecule has 2 rings (SSSR count). The average molecular weight is 331 g/mol. The van der Waals surface area contributed by atoms with Crippen LogP contribution in [0.15, 0.2) is 36.5 Å². The van der Waals surface area contributed by atoms with E-state index >= 15 is 0 Å². The summed E-state index contributed by atoms with van der Waals surface area (Å²) in [4.78, 5) is 16.4. The Bertz CT molecular complexity index is 741. The third-order valence-corrected chi connectivity index (χ3v) is 3.55. The molecule has 118 valence electrons. The molecule has 0 saturated carbocycles. The molecule has 0 radical (unpaired) electrons. The number of rotatable bonds is 6. The molecule has 0 unspecified atom stereocenters. The van der Waals surface area contributed by atoms with Gasteiger partial charge in [0.05, 0.1) is 21.6 Å². The number of halogens is 1. The topological polar surface area (TPSA) is 83.1 Å². The van der Waals surface area contributed by atoms with E-state index in [9.17, 15) is 10.1 Å². The number of hydrogen-bond donors (Lipinski definition) is 0. The lowest BCUT2D eigenvalue weighted by atomic mass is 10.1. The molecule has 0 atom stereocenters. The largest absolute Gasteiger partial charge is 0.351 e. The molecule has 1 aromatic heterocycles. The first-order valence-corrected chi connectivity index (χ1v) is 7.47. The molecule has 0 bridgehead atoms. The van der Waals surface area contributed by atoms with Crippen molar-refractivity contribution in [2.75, 3.05) is 11.4 Å². The maximum Gasteiger partial charge on any atom is 0.289 e. The van der Waals surface area contributed by atoms with E-state index in [0.29, 0.717) is 24.5 Å². The summed E-state index contributed by atoms with van der Waals surface area (Å²) >= 11 is 6.17. The zero-order valence-electron chi connectivity index (χ0n) is 12.6. The second-order valence-corrected chi connectivity index (χ2v) is 5.39. The fourth-order valence-electron chi connectivity index (χ4n) is 2.19. The molecule has 0 saturated heterocycles. The first-order valence-electron chi connectivity index (χ1n) is 7.09. The lowest BCUT2D eigenvalue weighted by molar-refractivity contribution is -0.385. The van der Waals surface area contributed by atoms with E-state index in [1.807, 2.05) is 24.0 Å². The Morgan fingerprint density at radius 3 is 2.61 bits per heavy atom. The van der Waals surface area contributed by atoms with Crippen LogP contribution in [-0.4, -0.2) is 16.5 Å². The number of aromatic nitrogens is 1. The fourth-order valence-corrected chi connectivity index (χ4v) is 2.47. The van der Waals surface area contributed by atoms with Gasteiger partial charge in [-0.25, -0.2) is 4.98 Å². The van der Waals surface area contributed by atoms with E-state index in [1.54, 1.807) is 12.1 Å². The van der Waals surface area contributed by atoms with Crippen molar-refractivity contribution < 1.29 is 4.92 Å². The summed E-state index contributed by atoms with van der Waals surface area (Å²) in [6.07, 6.45) is 2.09. The Labute approximate surface area is 139 Å². The Hall–Kier alpha value is -2.65. The summed E-state index contributed by atoms with van der Waals surface area (Å²) in [6, 6.07) is 10.6. The van der Waals surface area contributed by atoms with Crippen LogP contribution in [0.5, 0.6) is 0 Å². The van der Waals surface area contributed by atoms with Crippen LogP contribution in [0.4, 0.5) is 11.5 Å². The highest BCUT2D eigenvalue weighted by molar-refractivity contribution is 6.33. The minimum Gasteiger partial charge on any atom is -0.351 e. The van der Waals surface area contributed by atoms with Gasteiger partial charge in [-0.15, -0.1) is 0 Å². The van der Waals surface area contributed by atoms with Gasteiger partial charge in [-0.2, -0.15) is 5.26 Å². The van der Waals surface area contributed by atoms with E-state index < -0.39 is 4.92 Å². The highest BCUT2D eigenvalue weighted by Gasteiger charge is 2.16.